The van der Waals surface area contributed by atoms with Crippen LogP contribution in [0.1, 0.15) is 31.9 Å². The lowest BCUT2D eigenvalue weighted by Crippen LogP contribution is -2.20. The van der Waals surface area contributed by atoms with E-state index >= 15 is 0 Å². The lowest BCUT2D eigenvalue weighted by atomic mass is 10.2. The van der Waals surface area contributed by atoms with Crippen LogP contribution in [0.5, 0.6) is 0 Å². The Morgan fingerprint density at radius 3 is 2.96 bits per heavy atom. The highest BCUT2D eigenvalue weighted by Gasteiger charge is 2.30. The maximum Gasteiger partial charge on any atom is 0.252 e. The van der Waals surface area contributed by atoms with Crippen molar-refractivity contribution in [2.24, 2.45) is 5.92 Å². The fraction of sp³-hybridized carbons (Fsp3) is 0.333. The van der Waals surface area contributed by atoms with Crippen LogP contribution in [0.3, 0.4) is 0 Å². The summed E-state index contributed by atoms with van der Waals surface area (Å²) < 4.78 is 1.51. The zero-order valence-corrected chi connectivity index (χ0v) is 15.2. The number of hydrogen-bond acceptors (Lipinski definition) is 5. The van der Waals surface area contributed by atoms with Gasteiger partial charge in [-0.3, -0.25) is 14.6 Å². The van der Waals surface area contributed by atoms with E-state index in [1.807, 2.05) is 30.5 Å². The van der Waals surface area contributed by atoms with Gasteiger partial charge >= 0.3 is 0 Å². The Hall–Kier alpha value is -2.74. The summed E-state index contributed by atoms with van der Waals surface area (Å²) in [5.41, 5.74) is 1.21. The van der Waals surface area contributed by atoms with Crippen molar-refractivity contribution in [1.29, 1.82) is 0 Å². The molecule has 0 bridgehead atoms. The van der Waals surface area contributed by atoms with Crippen molar-refractivity contribution in [3.63, 3.8) is 0 Å². The first kappa shape index (κ1) is 16.7. The maximum atomic E-state index is 12.2. The number of carbonyl (C=O) groups excluding carboxylic acids is 1. The molecule has 3 aromatic heterocycles. The molecular formula is C18H19N5O2S. The quantitative estimate of drug-likeness (QED) is 0.699. The minimum Gasteiger partial charge on any atom is -0.310 e. The molecule has 0 spiro atoms. The van der Waals surface area contributed by atoms with Crippen LogP contribution in [0.2, 0.25) is 0 Å². The molecule has 0 atom stereocenters. The zero-order chi connectivity index (χ0) is 18.1. The van der Waals surface area contributed by atoms with Crippen LogP contribution in [0.15, 0.2) is 34.4 Å². The summed E-state index contributed by atoms with van der Waals surface area (Å²) >= 11 is 1.56. The molecule has 0 unspecified atom stereocenters. The van der Waals surface area contributed by atoms with Crippen molar-refractivity contribution in [1.82, 2.24) is 19.7 Å². The van der Waals surface area contributed by atoms with Gasteiger partial charge in [-0.1, -0.05) is 19.4 Å². The first-order valence-corrected chi connectivity index (χ1v) is 9.57. The summed E-state index contributed by atoms with van der Waals surface area (Å²) in [5.74, 6) is 0.884. The first-order chi connectivity index (χ1) is 12.6. The molecule has 134 valence electrons. The van der Waals surface area contributed by atoms with Crippen molar-refractivity contribution in [3.8, 4) is 16.5 Å². The standard InChI is InChI=1S/C18H19N5O2S/c1-2-4-12-9-16(24)21-18(19-12)23-15(20-17(25)11-6-7-11)10-13(22-23)14-5-3-8-26-14/h3,5,8-11H,2,4,6-7H2,1H3,(H,20,25)(H,19,21,24). The van der Waals surface area contributed by atoms with Gasteiger partial charge in [-0.2, -0.15) is 9.78 Å². The molecule has 1 amide bonds. The number of aromatic nitrogens is 4. The van der Waals surface area contributed by atoms with E-state index in [1.165, 1.54) is 10.7 Å². The molecule has 0 radical (unpaired) electrons. The number of H-pyrrole nitrogens is 1. The van der Waals surface area contributed by atoms with E-state index in [2.05, 4.69) is 20.4 Å². The van der Waals surface area contributed by atoms with Gasteiger partial charge in [-0.25, -0.2) is 4.98 Å². The number of rotatable bonds is 6. The minimum absolute atomic E-state index is 0.0176. The molecule has 8 heteroatoms. The van der Waals surface area contributed by atoms with E-state index in [0.717, 1.165) is 29.8 Å². The number of aryl methyl sites for hydroxylation is 1. The number of carbonyl (C=O) groups is 1. The molecule has 1 aliphatic carbocycles. The Bertz CT molecular complexity index is 985. The summed E-state index contributed by atoms with van der Waals surface area (Å²) in [5, 5.41) is 9.48. The minimum atomic E-state index is -0.230. The van der Waals surface area contributed by atoms with Gasteiger partial charge in [0, 0.05) is 23.7 Å². The van der Waals surface area contributed by atoms with E-state index in [0.29, 0.717) is 23.9 Å². The Morgan fingerprint density at radius 1 is 1.42 bits per heavy atom. The lowest BCUT2D eigenvalue weighted by molar-refractivity contribution is -0.117. The van der Waals surface area contributed by atoms with Gasteiger partial charge in [-0.05, 0) is 30.7 Å². The Kier molecular flexibility index (Phi) is 4.42. The van der Waals surface area contributed by atoms with Crippen molar-refractivity contribution in [2.75, 3.05) is 5.32 Å². The van der Waals surface area contributed by atoms with Crippen molar-refractivity contribution >= 4 is 23.1 Å². The number of nitrogens with zero attached hydrogens (tertiary/aromatic N) is 3. The summed E-state index contributed by atoms with van der Waals surface area (Å²) in [7, 11) is 0. The van der Waals surface area contributed by atoms with Gasteiger partial charge in [0.05, 0.1) is 4.88 Å². The SMILES string of the molecule is CCCc1cc(=O)[nH]c(-n2nc(-c3cccs3)cc2NC(=O)C2CC2)n1. The molecule has 2 N–H and O–H groups in total. The maximum absolute atomic E-state index is 12.2. The molecule has 3 heterocycles. The van der Waals surface area contributed by atoms with Crippen LogP contribution in [0.25, 0.3) is 16.5 Å². The molecule has 1 fully saturated rings. The molecule has 3 aromatic rings. The van der Waals surface area contributed by atoms with Gasteiger partial charge in [0.1, 0.15) is 11.5 Å². The van der Waals surface area contributed by atoms with E-state index in [4.69, 9.17) is 0 Å². The molecule has 0 aliphatic heterocycles. The van der Waals surface area contributed by atoms with Gasteiger partial charge < -0.3 is 5.32 Å². The summed E-state index contributed by atoms with van der Waals surface area (Å²) in [6.07, 6.45) is 3.43. The number of anilines is 1. The monoisotopic (exact) mass is 369 g/mol. The molecule has 1 saturated carbocycles. The third-order valence-corrected chi connectivity index (χ3v) is 5.06. The van der Waals surface area contributed by atoms with E-state index in [1.54, 1.807) is 11.3 Å². The Labute approximate surface area is 154 Å². The van der Waals surface area contributed by atoms with Crippen molar-refractivity contribution < 1.29 is 4.79 Å². The van der Waals surface area contributed by atoms with Crippen LogP contribution in [-0.2, 0) is 11.2 Å². The second kappa shape index (κ2) is 6.87. The van der Waals surface area contributed by atoms with Crippen LogP contribution >= 0.6 is 11.3 Å². The fourth-order valence-corrected chi connectivity index (χ4v) is 3.41. The van der Waals surface area contributed by atoms with Crippen molar-refractivity contribution in [2.45, 2.75) is 32.6 Å². The highest BCUT2D eigenvalue weighted by Crippen LogP contribution is 2.32. The Balaban J connectivity index is 1.78. The third-order valence-electron chi connectivity index (χ3n) is 4.17. The molecular weight excluding hydrogens is 350 g/mol. The van der Waals surface area contributed by atoms with Crippen LogP contribution < -0.4 is 10.9 Å². The van der Waals surface area contributed by atoms with E-state index in [9.17, 15) is 9.59 Å². The third kappa shape index (κ3) is 3.45. The summed E-state index contributed by atoms with van der Waals surface area (Å²) in [6, 6.07) is 7.23. The van der Waals surface area contributed by atoms with E-state index < -0.39 is 0 Å². The second-order valence-electron chi connectivity index (χ2n) is 6.38. The van der Waals surface area contributed by atoms with Crippen LogP contribution in [0, 0.1) is 5.92 Å². The lowest BCUT2D eigenvalue weighted by Gasteiger charge is -2.08. The Morgan fingerprint density at radius 2 is 2.27 bits per heavy atom. The van der Waals surface area contributed by atoms with Gasteiger partial charge in [-0.15, -0.1) is 11.3 Å². The number of nitrogens with one attached hydrogen (secondary N) is 2. The molecule has 4 rings (SSSR count). The fourth-order valence-electron chi connectivity index (χ4n) is 2.73. The second-order valence-corrected chi connectivity index (χ2v) is 7.33. The van der Waals surface area contributed by atoms with Crippen LogP contribution in [-0.4, -0.2) is 25.7 Å². The molecule has 1 aliphatic rings. The average Bonchev–Trinajstić information content (AvgIpc) is 3.15. The number of hydrogen-bond donors (Lipinski definition) is 2. The van der Waals surface area contributed by atoms with E-state index in [-0.39, 0.29) is 17.4 Å². The molecule has 0 aromatic carbocycles. The normalized spacial score (nSPS) is 13.7. The number of amides is 1. The zero-order valence-electron chi connectivity index (χ0n) is 14.4. The van der Waals surface area contributed by atoms with Gasteiger partial charge in [0.15, 0.2) is 0 Å². The summed E-state index contributed by atoms with van der Waals surface area (Å²) in [4.78, 5) is 32.5. The van der Waals surface area contributed by atoms with Crippen LogP contribution in [0.4, 0.5) is 5.82 Å². The average molecular weight is 369 g/mol. The highest BCUT2D eigenvalue weighted by atomic mass is 32.1. The van der Waals surface area contributed by atoms with Crippen molar-refractivity contribution in [3.05, 3.63) is 45.7 Å². The number of thiophene rings is 1. The number of aromatic amines is 1. The largest absolute Gasteiger partial charge is 0.310 e. The van der Waals surface area contributed by atoms with Gasteiger partial charge in [0.25, 0.3) is 5.56 Å². The predicted octanol–water partition coefficient (Wildman–Crippen LogP) is 2.99. The molecule has 26 heavy (non-hydrogen) atoms. The smallest absolute Gasteiger partial charge is 0.252 e. The summed E-state index contributed by atoms with van der Waals surface area (Å²) in [6.45, 7) is 2.03. The highest BCUT2D eigenvalue weighted by molar-refractivity contribution is 7.13. The molecule has 0 saturated heterocycles. The van der Waals surface area contributed by atoms with Gasteiger partial charge in [0.2, 0.25) is 11.9 Å². The topological polar surface area (TPSA) is 92.7 Å². The first-order valence-electron chi connectivity index (χ1n) is 8.69. The predicted molar refractivity (Wildman–Crippen MR) is 101 cm³/mol. The molecule has 7 nitrogen and oxygen atoms in total.